The highest BCUT2D eigenvalue weighted by Crippen LogP contribution is 2.26. The smallest absolute Gasteiger partial charge is 0.0544 e. The van der Waals surface area contributed by atoms with Gasteiger partial charge in [0.25, 0.3) is 0 Å². The van der Waals surface area contributed by atoms with Gasteiger partial charge in [-0.2, -0.15) is 0 Å². The molecule has 51 valence electrons. The largest absolute Gasteiger partial charge is 0.381 e. The van der Waals surface area contributed by atoms with Crippen LogP contribution in [0.1, 0.15) is 6.42 Å². The van der Waals surface area contributed by atoms with Gasteiger partial charge in [-0.1, -0.05) is 0 Å². The normalized spacial score (nSPS) is 36.7. The maximum atomic E-state index is 5.31. The molecule has 0 amide bonds. The Balaban J connectivity index is 1.97. The van der Waals surface area contributed by atoms with Gasteiger partial charge < -0.3 is 10.1 Å². The number of ether oxygens (including phenoxy) is 1. The Morgan fingerprint density at radius 2 is 2.56 bits per heavy atom. The van der Waals surface area contributed by atoms with Crippen molar-refractivity contribution in [1.82, 2.24) is 5.32 Å². The van der Waals surface area contributed by atoms with Crippen molar-refractivity contribution >= 4 is 0 Å². The Bertz CT molecular complexity index is 93.1. The number of nitrogens with one attached hydrogen (secondary N) is 1. The molecule has 9 heavy (non-hydrogen) atoms. The van der Waals surface area contributed by atoms with Gasteiger partial charge in [0.15, 0.2) is 0 Å². The zero-order valence-corrected chi connectivity index (χ0v) is 5.52. The van der Waals surface area contributed by atoms with Crippen molar-refractivity contribution in [3.05, 3.63) is 5.92 Å². The first-order valence-electron chi connectivity index (χ1n) is 3.60. The summed E-state index contributed by atoms with van der Waals surface area (Å²) in [5.74, 6) is 2.43. The molecule has 1 unspecified atom stereocenters. The summed E-state index contributed by atoms with van der Waals surface area (Å²) in [5.41, 5.74) is 0. The molecule has 1 atom stereocenters. The van der Waals surface area contributed by atoms with E-state index in [0.717, 1.165) is 25.7 Å². The Morgan fingerprint density at radius 1 is 1.56 bits per heavy atom. The molecule has 2 saturated heterocycles. The van der Waals surface area contributed by atoms with Crippen molar-refractivity contribution in [3.63, 3.8) is 0 Å². The van der Waals surface area contributed by atoms with Crippen molar-refractivity contribution in [3.8, 4) is 0 Å². The summed E-state index contributed by atoms with van der Waals surface area (Å²) in [7, 11) is 0. The van der Waals surface area contributed by atoms with Gasteiger partial charge in [-0.3, -0.25) is 0 Å². The molecule has 2 rings (SSSR count). The summed E-state index contributed by atoms with van der Waals surface area (Å²) in [6, 6.07) is 0. The van der Waals surface area contributed by atoms with Crippen LogP contribution in [0.3, 0.4) is 0 Å². The van der Waals surface area contributed by atoms with Gasteiger partial charge in [-0.25, -0.2) is 0 Å². The van der Waals surface area contributed by atoms with Crippen LogP contribution in [0.4, 0.5) is 0 Å². The molecule has 0 aromatic heterocycles. The molecule has 2 nitrogen and oxygen atoms in total. The van der Waals surface area contributed by atoms with E-state index < -0.39 is 0 Å². The maximum absolute atomic E-state index is 5.31. The highest BCUT2D eigenvalue weighted by molar-refractivity contribution is 5.06. The fourth-order valence-electron chi connectivity index (χ4n) is 1.60. The van der Waals surface area contributed by atoms with E-state index in [0.29, 0.717) is 0 Å². The lowest BCUT2D eigenvalue weighted by Gasteiger charge is -2.23. The van der Waals surface area contributed by atoms with Gasteiger partial charge in [-0.05, 0) is 18.9 Å². The van der Waals surface area contributed by atoms with Crippen LogP contribution in [0.25, 0.3) is 0 Å². The van der Waals surface area contributed by atoms with Crippen LogP contribution in [-0.2, 0) is 4.74 Å². The molecule has 2 aliphatic rings. The molecule has 0 spiro atoms. The van der Waals surface area contributed by atoms with Crippen molar-refractivity contribution in [2.75, 3.05) is 26.3 Å². The van der Waals surface area contributed by atoms with Crippen LogP contribution in [0.2, 0.25) is 0 Å². The molecular formula is C7H12NO. The summed E-state index contributed by atoms with van der Waals surface area (Å²) in [4.78, 5) is 0. The predicted molar refractivity (Wildman–Crippen MR) is 35.0 cm³/mol. The molecule has 0 bridgehead atoms. The zero-order valence-electron chi connectivity index (χ0n) is 5.52. The third-order valence-electron chi connectivity index (χ3n) is 2.22. The second-order valence-corrected chi connectivity index (χ2v) is 2.83. The number of hydrogen-bond acceptors (Lipinski definition) is 2. The Kier molecular flexibility index (Phi) is 1.44. The van der Waals surface area contributed by atoms with Gasteiger partial charge in [0, 0.05) is 19.1 Å². The number of fused-ring (bicyclic) bond motifs is 1. The first-order chi connectivity index (χ1) is 4.47. The summed E-state index contributed by atoms with van der Waals surface area (Å²) in [6.07, 6.45) is 1.24. The molecule has 2 heteroatoms. The van der Waals surface area contributed by atoms with Crippen LogP contribution >= 0.6 is 0 Å². The lowest BCUT2D eigenvalue weighted by molar-refractivity contribution is 0.0944. The van der Waals surface area contributed by atoms with E-state index in [2.05, 4.69) is 5.32 Å². The van der Waals surface area contributed by atoms with Crippen LogP contribution in [0.15, 0.2) is 0 Å². The van der Waals surface area contributed by atoms with Crippen LogP contribution in [0.5, 0.6) is 0 Å². The predicted octanol–water partition coefficient (Wildman–Crippen LogP) is 0.201. The second-order valence-electron chi connectivity index (χ2n) is 2.83. The third-order valence-corrected chi connectivity index (χ3v) is 2.22. The molecule has 2 heterocycles. The van der Waals surface area contributed by atoms with E-state index in [9.17, 15) is 0 Å². The quantitative estimate of drug-likeness (QED) is 0.500. The summed E-state index contributed by atoms with van der Waals surface area (Å²) < 4.78 is 5.31. The molecular weight excluding hydrogens is 114 g/mol. The second kappa shape index (κ2) is 2.27. The molecule has 0 aromatic rings. The molecule has 2 aliphatic heterocycles. The molecule has 0 saturated carbocycles. The third kappa shape index (κ3) is 0.970. The van der Waals surface area contributed by atoms with Gasteiger partial charge in [-0.15, -0.1) is 0 Å². The summed E-state index contributed by atoms with van der Waals surface area (Å²) in [6.45, 7) is 4.18. The molecule has 0 aliphatic carbocycles. The minimum absolute atomic E-state index is 0.846. The Hall–Kier alpha value is -0.0800. The number of hydrogen-bond donors (Lipinski definition) is 1. The van der Waals surface area contributed by atoms with E-state index in [-0.39, 0.29) is 0 Å². The maximum Gasteiger partial charge on any atom is 0.0544 e. The molecule has 1 radical (unpaired) electrons. The Labute approximate surface area is 55.6 Å². The van der Waals surface area contributed by atoms with E-state index in [1.165, 1.54) is 13.0 Å². The number of rotatable bonds is 0. The SMILES string of the molecule is C1CC2CNC[C]2CO1. The van der Waals surface area contributed by atoms with Crippen molar-refractivity contribution < 1.29 is 4.74 Å². The standard InChI is InChI=1S/C7H12NO/c1-2-9-5-7-4-8-3-6(1)7/h6,8H,1-5H2. The lowest BCUT2D eigenvalue weighted by atomic mass is 9.92. The minimum atomic E-state index is 0.846. The fourth-order valence-corrected chi connectivity index (χ4v) is 1.60. The van der Waals surface area contributed by atoms with Crippen molar-refractivity contribution in [2.24, 2.45) is 5.92 Å². The van der Waals surface area contributed by atoms with Gasteiger partial charge in [0.2, 0.25) is 0 Å². The Morgan fingerprint density at radius 3 is 3.44 bits per heavy atom. The summed E-state index contributed by atoms with van der Waals surface area (Å²) in [5, 5.41) is 3.35. The topological polar surface area (TPSA) is 21.3 Å². The van der Waals surface area contributed by atoms with E-state index in [4.69, 9.17) is 4.74 Å². The van der Waals surface area contributed by atoms with Crippen LogP contribution < -0.4 is 5.32 Å². The van der Waals surface area contributed by atoms with Gasteiger partial charge >= 0.3 is 0 Å². The summed E-state index contributed by atoms with van der Waals surface area (Å²) >= 11 is 0. The van der Waals surface area contributed by atoms with Gasteiger partial charge in [0.1, 0.15) is 0 Å². The highest BCUT2D eigenvalue weighted by Gasteiger charge is 2.30. The first kappa shape index (κ1) is 5.69. The molecule has 0 aromatic carbocycles. The van der Waals surface area contributed by atoms with Crippen LogP contribution in [-0.4, -0.2) is 26.3 Å². The van der Waals surface area contributed by atoms with E-state index in [1.807, 2.05) is 0 Å². The fraction of sp³-hybridized carbons (Fsp3) is 0.857. The first-order valence-corrected chi connectivity index (χ1v) is 3.60. The highest BCUT2D eigenvalue weighted by atomic mass is 16.5. The van der Waals surface area contributed by atoms with Crippen molar-refractivity contribution in [2.45, 2.75) is 6.42 Å². The molecule has 1 N–H and O–H groups in total. The van der Waals surface area contributed by atoms with Gasteiger partial charge in [0.05, 0.1) is 6.61 Å². The van der Waals surface area contributed by atoms with E-state index in [1.54, 1.807) is 5.92 Å². The van der Waals surface area contributed by atoms with E-state index >= 15 is 0 Å². The molecule has 2 fully saturated rings. The monoisotopic (exact) mass is 126 g/mol. The van der Waals surface area contributed by atoms with Crippen LogP contribution in [0, 0.1) is 11.8 Å². The zero-order chi connectivity index (χ0) is 6.10. The average molecular weight is 126 g/mol. The van der Waals surface area contributed by atoms with Crippen molar-refractivity contribution in [1.29, 1.82) is 0 Å². The lowest BCUT2D eigenvalue weighted by Crippen LogP contribution is -2.23. The average Bonchev–Trinajstić information content (AvgIpc) is 2.33. The minimum Gasteiger partial charge on any atom is -0.381 e.